The number of aryl methyl sites for hydroxylation is 4. The molecule has 2 aliphatic rings. The van der Waals surface area contributed by atoms with Crippen molar-refractivity contribution in [1.82, 2.24) is 39.5 Å². The van der Waals surface area contributed by atoms with Gasteiger partial charge in [-0.15, -0.1) is 0 Å². The van der Waals surface area contributed by atoms with Crippen molar-refractivity contribution in [3.8, 4) is 5.75 Å². The number of H-pyrrole nitrogens is 1. The van der Waals surface area contributed by atoms with Crippen molar-refractivity contribution in [1.29, 1.82) is 0 Å². The van der Waals surface area contributed by atoms with Crippen LogP contribution in [0.1, 0.15) is 133 Å². The second-order valence-electron chi connectivity index (χ2n) is 21.9. The Bertz CT molecular complexity index is 3860. The molecule has 0 radical (unpaired) electrons. The van der Waals surface area contributed by atoms with Crippen LogP contribution >= 0.6 is 23.2 Å². The number of rotatable bonds is 14. The molecule has 0 saturated heterocycles. The van der Waals surface area contributed by atoms with Crippen molar-refractivity contribution in [2.24, 2.45) is 0 Å². The fourth-order valence-corrected chi connectivity index (χ4v) is 10.6. The standard InChI is InChI=1S/C30H30ClF3N4O2.C21H16ClF3N4.C15H17NO5/c31-23-15-26-22(19-38(28(26)37-18-23)29(39)40-25-6-4-2-1-3-5-7-25)14-21-9-12-24(35-17-21)11-8-20-10-13-27(36-16-20)30(32,33)34;22-16-8-18-15(11-28-20(18)29-12-16)7-14-2-5-17(26-10-14)4-1-13-3-6-19(27-9-13)21(23,24)25;17-15(20-13-6-4-2-1-3-5-7-13)21-14-10-8-12(9-11-14)16(18)19/h9-10,12-13,15-19,25H,1-8,11,14H2;2-3,5-6,8-12H,1,4,7H2,(H,28,29);4,6,8-11,13H,1-3,5,7H2/b;;6-4+. The van der Waals surface area contributed by atoms with Gasteiger partial charge in [-0.05, 0) is 165 Å². The van der Waals surface area contributed by atoms with Crippen molar-refractivity contribution in [2.45, 2.75) is 140 Å². The van der Waals surface area contributed by atoms with Crippen molar-refractivity contribution in [3.63, 3.8) is 0 Å². The van der Waals surface area contributed by atoms with Crippen LogP contribution in [-0.4, -0.2) is 68.8 Å². The van der Waals surface area contributed by atoms with E-state index in [1.165, 1.54) is 78.8 Å². The zero-order valence-electron chi connectivity index (χ0n) is 48.7. The number of allylic oxidation sites excluding steroid dienone is 1. The van der Waals surface area contributed by atoms with Crippen LogP contribution in [0.2, 0.25) is 10.0 Å². The highest BCUT2D eigenvalue weighted by Crippen LogP contribution is 2.31. The molecule has 16 nitrogen and oxygen atoms in total. The number of carbonyl (C=O) groups excluding carboxylic acids is 2. The zero-order chi connectivity index (χ0) is 63.6. The number of nitro benzene ring substituents is 1. The van der Waals surface area contributed by atoms with E-state index in [1.807, 2.05) is 54.9 Å². The lowest BCUT2D eigenvalue weighted by molar-refractivity contribution is -0.384. The zero-order valence-corrected chi connectivity index (χ0v) is 50.2. The molecule has 24 heteroatoms. The van der Waals surface area contributed by atoms with E-state index in [1.54, 1.807) is 24.7 Å². The second-order valence-corrected chi connectivity index (χ2v) is 22.7. The Morgan fingerprint density at radius 3 is 1.71 bits per heavy atom. The van der Waals surface area contributed by atoms with Gasteiger partial charge in [-0.25, -0.2) is 24.1 Å². The first-order chi connectivity index (χ1) is 43.3. The van der Waals surface area contributed by atoms with E-state index >= 15 is 0 Å². The van der Waals surface area contributed by atoms with Gasteiger partial charge in [0.25, 0.3) is 5.69 Å². The summed E-state index contributed by atoms with van der Waals surface area (Å²) >= 11 is 12.3. The monoisotopic (exact) mass is 1280 g/mol. The number of halogens is 8. The lowest BCUT2D eigenvalue weighted by Gasteiger charge is -2.20. The van der Waals surface area contributed by atoms with Crippen molar-refractivity contribution in [2.75, 3.05) is 0 Å². The highest BCUT2D eigenvalue weighted by atomic mass is 35.5. The van der Waals surface area contributed by atoms with Gasteiger partial charge >= 0.3 is 24.6 Å². The van der Waals surface area contributed by atoms with E-state index < -0.39 is 40.9 Å². The average molecular weight is 1280 g/mol. The number of aromatic nitrogens is 8. The number of fused-ring (bicyclic) bond motifs is 2. The van der Waals surface area contributed by atoms with Crippen LogP contribution in [0.15, 0.2) is 147 Å². The predicted octanol–water partition coefficient (Wildman–Crippen LogP) is 17.4. The minimum Gasteiger partial charge on any atom is -0.446 e. The first-order valence-electron chi connectivity index (χ1n) is 29.5. The summed E-state index contributed by atoms with van der Waals surface area (Å²) in [5.41, 5.74) is 6.55. The SMILES string of the molecule is FC(F)(F)c1ccc(CCc2ccc(Cc3c[nH]c4ncc(Cl)cc34)cn2)cn1.O=C(OC1CCCCCCC1)n1cc(Cc2ccc(CCc3ccc(C(F)(F)F)nc3)nc2)c2cc(Cl)cnc21.O=C(Oc1ccc([N+](=O)[O-])cc1)OC1/C=C/CCCCC1. The molecule has 1 unspecified atom stereocenters. The molecule has 470 valence electrons. The fraction of sp³-hybridized carbons (Fsp3) is 0.333. The molecule has 1 aromatic carbocycles. The minimum atomic E-state index is -4.45. The normalized spacial score (nSPS) is 15.2. The third-order valence-corrected chi connectivity index (χ3v) is 15.5. The molecule has 8 heterocycles. The fourth-order valence-electron chi connectivity index (χ4n) is 10.3. The van der Waals surface area contributed by atoms with Gasteiger partial charge in [0.05, 0.1) is 15.0 Å². The Balaban J connectivity index is 0.000000169. The highest BCUT2D eigenvalue weighted by Gasteiger charge is 2.33. The van der Waals surface area contributed by atoms with E-state index in [0.29, 0.717) is 59.8 Å². The number of hydrogen-bond donors (Lipinski definition) is 1. The van der Waals surface area contributed by atoms with Gasteiger partial charge < -0.3 is 19.2 Å². The van der Waals surface area contributed by atoms with E-state index in [9.17, 15) is 46.0 Å². The highest BCUT2D eigenvalue weighted by molar-refractivity contribution is 6.31. The number of aromatic amines is 1. The minimum absolute atomic E-state index is 0.0568. The number of hydrogen-bond acceptors (Lipinski definition) is 13. The number of alkyl halides is 6. The van der Waals surface area contributed by atoms with E-state index in [-0.39, 0.29) is 23.6 Å². The summed E-state index contributed by atoms with van der Waals surface area (Å²) in [6, 6.07) is 21.7. The van der Waals surface area contributed by atoms with E-state index in [4.69, 9.17) is 37.4 Å². The van der Waals surface area contributed by atoms with Gasteiger partial charge in [0.2, 0.25) is 0 Å². The molecule has 0 aliphatic heterocycles. The van der Waals surface area contributed by atoms with Gasteiger partial charge in [-0.2, -0.15) is 26.3 Å². The maximum Gasteiger partial charge on any atom is 0.514 e. The van der Waals surface area contributed by atoms with E-state index in [2.05, 4.69) is 34.9 Å². The number of pyridine rings is 6. The van der Waals surface area contributed by atoms with Gasteiger partial charge in [0.15, 0.2) is 0 Å². The number of nitrogens with zero attached hydrogens (tertiary/aromatic N) is 8. The number of ether oxygens (including phenoxy) is 3. The van der Waals surface area contributed by atoms with Crippen LogP contribution < -0.4 is 4.74 Å². The van der Waals surface area contributed by atoms with Gasteiger partial charge in [-0.1, -0.05) is 79.2 Å². The topological polar surface area (TPSA) is 203 Å². The van der Waals surface area contributed by atoms with Crippen LogP contribution in [-0.2, 0) is 60.4 Å². The average Bonchev–Trinajstić information content (AvgIpc) is 1.74. The Hall–Kier alpha value is -8.76. The molecule has 2 aliphatic carbocycles. The van der Waals surface area contributed by atoms with Crippen LogP contribution in [0.3, 0.4) is 0 Å². The number of benzene rings is 1. The summed E-state index contributed by atoms with van der Waals surface area (Å²) in [4.78, 5) is 62.7. The first-order valence-corrected chi connectivity index (χ1v) is 30.2. The number of nitrogens with one attached hydrogen (secondary N) is 1. The molecular weight excluding hydrogens is 1220 g/mol. The van der Waals surface area contributed by atoms with Crippen molar-refractivity contribution in [3.05, 3.63) is 223 Å². The summed E-state index contributed by atoms with van der Waals surface area (Å²) in [5, 5.41) is 13.4. The molecule has 9 aromatic rings. The molecule has 0 bridgehead atoms. The number of non-ortho nitro benzene ring substituents is 1. The second kappa shape index (κ2) is 31.1. The molecule has 0 spiro atoms. The Morgan fingerprint density at radius 2 is 1.14 bits per heavy atom. The van der Waals surface area contributed by atoms with Crippen LogP contribution in [0.4, 0.5) is 41.6 Å². The third kappa shape index (κ3) is 19.4. The van der Waals surface area contributed by atoms with Crippen LogP contribution in [0.25, 0.3) is 22.1 Å². The van der Waals surface area contributed by atoms with Gasteiger partial charge in [0, 0.05) is 96.7 Å². The summed E-state index contributed by atoms with van der Waals surface area (Å²) in [7, 11) is 0. The Morgan fingerprint density at radius 1 is 0.600 bits per heavy atom. The van der Waals surface area contributed by atoms with Gasteiger partial charge in [0.1, 0.15) is 40.6 Å². The summed E-state index contributed by atoms with van der Waals surface area (Å²) in [6.07, 6.45) is 22.4. The first kappa shape index (κ1) is 65.7. The number of carbonyl (C=O) groups is 2. The lowest BCUT2D eigenvalue weighted by atomic mass is 9.99. The maximum absolute atomic E-state index is 13.2. The predicted molar refractivity (Wildman–Crippen MR) is 327 cm³/mol. The molecule has 1 atom stereocenters. The number of nitro groups is 1. The van der Waals surface area contributed by atoms with Crippen molar-refractivity contribution >= 4 is 63.2 Å². The molecular formula is C66H63Cl2F6N9O7. The molecule has 0 amide bonds. The summed E-state index contributed by atoms with van der Waals surface area (Å²) in [6.45, 7) is 0. The van der Waals surface area contributed by atoms with Gasteiger partial charge in [-0.3, -0.25) is 30.1 Å². The summed E-state index contributed by atoms with van der Waals surface area (Å²) < 4.78 is 93.5. The molecule has 11 rings (SSSR count). The largest absolute Gasteiger partial charge is 0.514 e. The van der Waals surface area contributed by atoms with Crippen LogP contribution in [0.5, 0.6) is 5.75 Å². The molecule has 1 fully saturated rings. The molecule has 1 saturated carbocycles. The van der Waals surface area contributed by atoms with Crippen LogP contribution in [0, 0.1) is 10.1 Å². The molecule has 90 heavy (non-hydrogen) atoms. The lowest BCUT2D eigenvalue weighted by Crippen LogP contribution is -2.23. The maximum atomic E-state index is 13.2. The Kier molecular flexibility index (Phi) is 22.7. The molecule has 8 aromatic heterocycles. The molecule has 1 N–H and O–H groups in total. The third-order valence-electron chi connectivity index (χ3n) is 15.1. The Labute approximate surface area is 524 Å². The smallest absolute Gasteiger partial charge is 0.446 e. The summed E-state index contributed by atoms with van der Waals surface area (Å²) in [5.74, 6) is 0.223. The quantitative estimate of drug-likeness (QED) is 0.0269. The van der Waals surface area contributed by atoms with E-state index in [0.717, 1.165) is 126 Å². The van der Waals surface area contributed by atoms with Crippen molar-refractivity contribution < 1.29 is 55.1 Å².